The average molecular weight is 431 g/mol. The van der Waals surface area contributed by atoms with Crippen molar-refractivity contribution in [3.63, 3.8) is 0 Å². The number of carbonyl (C=O) groups is 2. The van der Waals surface area contributed by atoms with Gasteiger partial charge in [0.2, 0.25) is 5.91 Å². The van der Waals surface area contributed by atoms with Crippen molar-refractivity contribution in [2.75, 3.05) is 33.4 Å². The van der Waals surface area contributed by atoms with Gasteiger partial charge >= 0.3 is 0 Å². The topological polar surface area (TPSA) is 49.9 Å². The van der Waals surface area contributed by atoms with E-state index in [2.05, 4.69) is 0 Å². The molecule has 0 spiro atoms. The summed E-state index contributed by atoms with van der Waals surface area (Å²) in [6.45, 7) is 2.72. The summed E-state index contributed by atoms with van der Waals surface area (Å²) in [5.41, 5.74) is 1.80. The third-order valence-electron chi connectivity index (χ3n) is 6.17. The highest BCUT2D eigenvalue weighted by Crippen LogP contribution is 2.25. The molecule has 4 rings (SSSR count). The number of fused-ring (bicyclic) bond motifs is 1. The first kappa shape index (κ1) is 22.0. The van der Waals surface area contributed by atoms with Gasteiger partial charge in [-0.2, -0.15) is 0 Å². The Morgan fingerprint density at radius 1 is 1.00 bits per heavy atom. The van der Waals surface area contributed by atoms with Crippen LogP contribution in [0.3, 0.4) is 0 Å². The van der Waals surface area contributed by atoms with E-state index in [1.165, 1.54) is 0 Å². The molecule has 0 N–H and O–H groups in total. The molecule has 1 unspecified atom stereocenters. The first-order valence-electron chi connectivity index (χ1n) is 11.3. The molecule has 5 heteroatoms. The number of amides is 2. The Morgan fingerprint density at radius 3 is 2.56 bits per heavy atom. The molecule has 0 bridgehead atoms. The summed E-state index contributed by atoms with van der Waals surface area (Å²) in [7, 11) is 1.65. The average Bonchev–Trinajstić information content (AvgIpc) is 2.86. The normalized spacial score (nSPS) is 16.2. The van der Waals surface area contributed by atoms with Gasteiger partial charge in [0.15, 0.2) is 0 Å². The fraction of sp³-hybridized carbons (Fsp3) is 0.333. The van der Waals surface area contributed by atoms with Crippen molar-refractivity contribution in [2.24, 2.45) is 5.92 Å². The molecule has 1 aliphatic heterocycles. The molecule has 3 aromatic carbocycles. The summed E-state index contributed by atoms with van der Waals surface area (Å²) >= 11 is 0. The lowest BCUT2D eigenvalue weighted by molar-refractivity contribution is -0.138. The summed E-state index contributed by atoms with van der Waals surface area (Å²) in [5.74, 6) is -0.0876. The molecule has 0 radical (unpaired) electrons. The lowest BCUT2D eigenvalue weighted by Gasteiger charge is -2.35. The number of benzene rings is 3. The molecule has 1 aliphatic rings. The first-order chi connectivity index (χ1) is 15.7. The Morgan fingerprint density at radius 2 is 1.75 bits per heavy atom. The lowest BCUT2D eigenvalue weighted by Crippen LogP contribution is -2.47. The van der Waals surface area contributed by atoms with Crippen molar-refractivity contribution < 1.29 is 14.3 Å². The number of rotatable bonds is 7. The van der Waals surface area contributed by atoms with Gasteiger partial charge in [0.1, 0.15) is 0 Å². The van der Waals surface area contributed by atoms with Gasteiger partial charge in [-0.3, -0.25) is 9.59 Å². The van der Waals surface area contributed by atoms with Gasteiger partial charge in [-0.15, -0.1) is 0 Å². The van der Waals surface area contributed by atoms with Gasteiger partial charge in [0.25, 0.3) is 5.91 Å². The van der Waals surface area contributed by atoms with E-state index in [1.807, 2.05) is 82.6 Å². The molecule has 166 valence electrons. The number of likely N-dealkylation sites (tertiary alicyclic amines) is 1. The van der Waals surface area contributed by atoms with Crippen LogP contribution in [0.2, 0.25) is 0 Å². The first-order valence-corrected chi connectivity index (χ1v) is 11.3. The highest BCUT2D eigenvalue weighted by atomic mass is 16.5. The molecule has 0 aromatic heterocycles. The molecular weight excluding hydrogens is 400 g/mol. The standard InChI is InChI=1S/C27H30N2O3/c1-32-18-17-29(19-21-9-3-2-4-10-21)26(30)23-13-8-16-28(20-23)27(31)25-15-7-12-22-11-5-6-14-24(22)25/h2-7,9-12,14-15,23H,8,13,16-20H2,1H3. The molecule has 2 amide bonds. The fourth-order valence-electron chi connectivity index (χ4n) is 4.48. The Labute approximate surface area is 189 Å². The third-order valence-corrected chi connectivity index (χ3v) is 6.17. The van der Waals surface area contributed by atoms with Crippen molar-refractivity contribution in [1.29, 1.82) is 0 Å². The minimum absolute atomic E-state index is 0.00537. The Bertz CT molecular complexity index is 1060. The molecule has 3 aromatic rings. The van der Waals surface area contributed by atoms with Crippen molar-refractivity contribution >= 4 is 22.6 Å². The Kier molecular flexibility index (Phi) is 7.17. The van der Waals surface area contributed by atoms with Crippen LogP contribution in [-0.2, 0) is 16.1 Å². The second-order valence-electron chi connectivity index (χ2n) is 8.36. The number of hydrogen-bond donors (Lipinski definition) is 0. The van der Waals surface area contributed by atoms with Crippen LogP contribution >= 0.6 is 0 Å². The van der Waals surface area contributed by atoms with Crippen LogP contribution in [-0.4, -0.2) is 55.0 Å². The van der Waals surface area contributed by atoms with Gasteiger partial charge in [-0.1, -0.05) is 66.7 Å². The van der Waals surface area contributed by atoms with Gasteiger partial charge in [-0.25, -0.2) is 0 Å². The quantitative estimate of drug-likeness (QED) is 0.559. The van der Waals surface area contributed by atoms with E-state index in [4.69, 9.17) is 4.74 Å². The maximum absolute atomic E-state index is 13.5. The van der Waals surface area contributed by atoms with Gasteiger partial charge in [0.05, 0.1) is 12.5 Å². The van der Waals surface area contributed by atoms with Gasteiger partial charge < -0.3 is 14.5 Å². The van der Waals surface area contributed by atoms with Crippen molar-refractivity contribution in [1.82, 2.24) is 9.80 Å². The second-order valence-corrected chi connectivity index (χ2v) is 8.36. The highest BCUT2D eigenvalue weighted by molar-refractivity contribution is 6.07. The number of piperidine rings is 1. The lowest BCUT2D eigenvalue weighted by atomic mass is 9.95. The maximum atomic E-state index is 13.5. The van der Waals surface area contributed by atoms with E-state index >= 15 is 0 Å². The van der Waals surface area contributed by atoms with Crippen molar-refractivity contribution in [3.8, 4) is 0 Å². The predicted octanol–water partition coefficient (Wildman–Crippen LogP) is 4.37. The van der Waals surface area contributed by atoms with Crippen LogP contribution in [0.4, 0.5) is 0 Å². The summed E-state index contributed by atoms with van der Waals surface area (Å²) in [6.07, 6.45) is 1.63. The smallest absolute Gasteiger partial charge is 0.254 e. The van der Waals surface area contributed by atoms with Gasteiger partial charge in [-0.05, 0) is 35.2 Å². The Balaban J connectivity index is 1.50. The number of hydrogen-bond acceptors (Lipinski definition) is 3. The molecular formula is C27H30N2O3. The molecule has 0 saturated carbocycles. The monoisotopic (exact) mass is 430 g/mol. The predicted molar refractivity (Wildman–Crippen MR) is 126 cm³/mol. The van der Waals surface area contributed by atoms with E-state index in [0.29, 0.717) is 38.3 Å². The van der Waals surface area contributed by atoms with Crippen LogP contribution in [0.5, 0.6) is 0 Å². The molecule has 0 aliphatic carbocycles. The van der Waals surface area contributed by atoms with E-state index in [0.717, 1.165) is 29.2 Å². The van der Waals surface area contributed by atoms with E-state index < -0.39 is 0 Å². The zero-order chi connectivity index (χ0) is 22.3. The third kappa shape index (κ3) is 5.00. The van der Waals surface area contributed by atoms with E-state index in [1.54, 1.807) is 7.11 Å². The number of carbonyl (C=O) groups excluding carboxylic acids is 2. The number of methoxy groups -OCH3 is 1. The van der Waals surface area contributed by atoms with Crippen molar-refractivity contribution in [3.05, 3.63) is 83.9 Å². The highest BCUT2D eigenvalue weighted by Gasteiger charge is 2.32. The molecule has 5 nitrogen and oxygen atoms in total. The van der Waals surface area contributed by atoms with Crippen LogP contribution in [0.1, 0.15) is 28.8 Å². The molecule has 1 fully saturated rings. The number of nitrogens with zero attached hydrogens (tertiary/aromatic N) is 2. The van der Waals surface area contributed by atoms with Crippen LogP contribution < -0.4 is 0 Å². The summed E-state index contributed by atoms with van der Waals surface area (Å²) < 4.78 is 5.25. The summed E-state index contributed by atoms with van der Waals surface area (Å²) in [4.78, 5) is 30.6. The molecule has 1 heterocycles. The van der Waals surface area contributed by atoms with Crippen LogP contribution in [0.25, 0.3) is 10.8 Å². The zero-order valence-corrected chi connectivity index (χ0v) is 18.6. The van der Waals surface area contributed by atoms with Crippen LogP contribution in [0, 0.1) is 5.92 Å². The maximum Gasteiger partial charge on any atom is 0.254 e. The van der Waals surface area contributed by atoms with Gasteiger partial charge in [0, 0.05) is 38.9 Å². The molecule has 1 atom stereocenters. The minimum atomic E-state index is -0.191. The zero-order valence-electron chi connectivity index (χ0n) is 18.6. The van der Waals surface area contributed by atoms with E-state index in [-0.39, 0.29) is 17.7 Å². The summed E-state index contributed by atoms with van der Waals surface area (Å²) in [6, 6.07) is 23.8. The SMILES string of the molecule is COCCN(Cc1ccccc1)C(=O)C1CCCN(C(=O)c2cccc3ccccc23)C1. The number of ether oxygens (including phenoxy) is 1. The van der Waals surface area contributed by atoms with Crippen LogP contribution in [0.15, 0.2) is 72.8 Å². The second kappa shape index (κ2) is 10.4. The summed E-state index contributed by atoms with van der Waals surface area (Å²) in [5, 5.41) is 2.01. The largest absolute Gasteiger partial charge is 0.383 e. The Hall–Kier alpha value is -3.18. The van der Waals surface area contributed by atoms with E-state index in [9.17, 15) is 9.59 Å². The minimum Gasteiger partial charge on any atom is -0.383 e. The molecule has 32 heavy (non-hydrogen) atoms. The molecule has 1 saturated heterocycles. The fourth-order valence-corrected chi connectivity index (χ4v) is 4.48. The van der Waals surface area contributed by atoms with Crippen molar-refractivity contribution in [2.45, 2.75) is 19.4 Å².